The maximum Gasteiger partial charge on any atom is 0.265 e. The number of nitrogens with zero attached hydrogens (tertiary/aromatic N) is 1. The van der Waals surface area contributed by atoms with Gasteiger partial charge in [-0.1, -0.05) is 31.6 Å². The molecule has 1 unspecified atom stereocenters. The number of nitrogens with one attached hydrogen (secondary N) is 2. The Morgan fingerprint density at radius 1 is 1.58 bits per heavy atom. The van der Waals surface area contributed by atoms with Crippen LogP contribution < -0.4 is 16.4 Å². The standard InChI is InChI=1S/C13H22N4OS/c1-3-8(2)7-15-12(18)10-11(14)17-13(19-10)16-9-5-4-6-9/h8-9H,3-7,14H2,1-2H3,(H,15,18)(H,16,17). The number of aromatic nitrogens is 1. The minimum absolute atomic E-state index is 0.114. The Kier molecular flexibility index (Phi) is 4.63. The summed E-state index contributed by atoms with van der Waals surface area (Å²) in [5.41, 5.74) is 5.81. The van der Waals surface area contributed by atoms with Crippen molar-refractivity contribution in [1.82, 2.24) is 10.3 Å². The molecule has 0 saturated heterocycles. The van der Waals surface area contributed by atoms with Crippen LogP contribution >= 0.6 is 11.3 Å². The van der Waals surface area contributed by atoms with Crippen molar-refractivity contribution in [2.45, 2.75) is 45.6 Å². The SMILES string of the molecule is CCC(C)CNC(=O)c1sc(NC2CCC2)nc1N. The quantitative estimate of drug-likeness (QED) is 0.749. The van der Waals surface area contributed by atoms with Gasteiger partial charge >= 0.3 is 0 Å². The van der Waals surface area contributed by atoms with Crippen LogP contribution in [0.2, 0.25) is 0 Å². The summed E-state index contributed by atoms with van der Waals surface area (Å²) in [6.07, 6.45) is 4.66. The van der Waals surface area contributed by atoms with E-state index in [1.165, 1.54) is 30.6 Å². The predicted octanol–water partition coefficient (Wildman–Crippen LogP) is 2.47. The van der Waals surface area contributed by atoms with Crippen LogP contribution in [0.15, 0.2) is 0 Å². The molecule has 1 fully saturated rings. The average molecular weight is 282 g/mol. The fourth-order valence-corrected chi connectivity index (χ4v) is 2.65. The van der Waals surface area contributed by atoms with Crippen molar-refractivity contribution in [3.05, 3.63) is 4.88 Å². The van der Waals surface area contributed by atoms with Gasteiger partial charge in [0.15, 0.2) is 5.13 Å². The normalized spacial score (nSPS) is 16.7. The number of anilines is 2. The minimum atomic E-state index is -0.114. The van der Waals surface area contributed by atoms with Crippen LogP contribution in [-0.2, 0) is 0 Å². The van der Waals surface area contributed by atoms with E-state index in [-0.39, 0.29) is 5.91 Å². The molecular weight excluding hydrogens is 260 g/mol. The number of nitrogens with two attached hydrogens (primary N) is 1. The first-order chi connectivity index (χ1) is 9.10. The van der Waals surface area contributed by atoms with Crippen LogP contribution in [-0.4, -0.2) is 23.5 Å². The number of nitrogen functional groups attached to an aromatic ring is 1. The summed E-state index contributed by atoms with van der Waals surface area (Å²) in [6, 6.07) is 0.501. The molecule has 1 heterocycles. The number of thiazole rings is 1. The van der Waals surface area contributed by atoms with Gasteiger partial charge in [-0.3, -0.25) is 4.79 Å². The number of carbonyl (C=O) groups is 1. The molecule has 1 aromatic heterocycles. The molecule has 1 aromatic rings. The third-order valence-corrected chi connectivity index (χ3v) is 4.60. The molecule has 1 saturated carbocycles. The molecule has 0 spiro atoms. The lowest BCUT2D eigenvalue weighted by molar-refractivity contribution is 0.0952. The first-order valence-electron chi connectivity index (χ1n) is 6.91. The lowest BCUT2D eigenvalue weighted by Gasteiger charge is -2.25. The first-order valence-corrected chi connectivity index (χ1v) is 7.72. The highest BCUT2D eigenvalue weighted by molar-refractivity contribution is 7.18. The highest BCUT2D eigenvalue weighted by Gasteiger charge is 2.21. The lowest BCUT2D eigenvalue weighted by Crippen LogP contribution is -2.28. The largest absolute Gasteiger partial charge is 0.382 e. The van der Waals surface area contributed by atoms with Crippen LogP contribution in [0.3, 0.4) is 0 Å². The van der Waals surface area contributed by atoms with Gasteiger partial charge in [0, 0.05) is 12.6 Å². The maximum absolute atomic E-state index is 12.0. The third-order valence-electron chi connectivity index (χ3n) is 3.60. The van der Waals surface area contributed by atoms with Crippen molar-refractivity contribution in [2.24, 2.45) is 5.92 Å². The van der Waals surface area contributed by atoms with Gasteiger partial charge in [0.2, 0.25) is 0 Å². The number of carbonyl (C=O) groups excluding carboxylic acids is 1. The molecule has 5 nitrogen and oxygen atoms in total. The number of hydrogen-bond donors (Lipinski definition) is 3. The molecule has 1 atom stereocenters. The zero-order valence-corrected chi connectivity index (χ0v) is 12.3. The summed E-state index contributed by atoms with van der Waals surface area (Å²) >= 11 is 1.35. The summed E-state index contributed by atoms with van der Waals surface area (Å²) in [5.74, 6) is 0.691. The summed E-state index contributed by atoms with van der Waals surface area (Å²) < 4.78 is 0. The van der Waals surface area contributed by atoms with Crippen molar-refractivity contribution < 1.29 is 4.79 Å². The molecule has 2 rings (SSSR count). The van der Waals surface area contributed by atoms with Crippen molar-refractivity contribution in [2.75, 3.05) is 17.6 Å². The summed E-state index contributed by atoms with van der Waals surface area (Å²) in [5, 5.41) is 6.99. The summed E-state index contributed by atoms with van der Waals surface area (Å²) in [7, 11) is 0. The van der Waals surface area contributed by atoms with Gasteiger partial charge in [0.05, 0.1) is 0 Å². The molecule has 0 bridgehead atoms. The zero-order chi connectivity index (χ0) is 13.8. The van der Waals surface area contributed by atoms with Crippen molar-refractivity contribution in [3.8, 4) is 0 Å². The Morgan fingerprint density at radius 3 is 2.89 bits per heavy atom. The second-order valence-electron chi connectivity index (χ2n) is 5.23. The van der Waals surface area contributed by atoms with Gasteiger partial charge in [0.25, 0.3) is 5.91 Å². The van der Waals surface area contributed by atoms with E-state index in [1.54, 1.807) is 0 Å². The monoisotopic (exact) mass is 282 g/mol. The summed E-state index contributed by atoms with van der Waals surface area (Å²) in [6.45, 7) is 4.90. The average Bonchev–Trinajstić information content (AvgIpc) is 2.71. The maximum atomic E-state index is 12.0. The minimum Gasteiger partial charge on any atom is -0.382 e. The highest BCUT2D eigenvalue weighted by atomic mass is 32.1. The van der Waals surface area contributed by atoms with Crippen LogP contribution in [0.4, 0.5) is 10.9 Å². The second-order valence-corrected chi connectivity index (χ2v) is 6.23. The van der Waals surface area contributed by atoms with Gasteiger partial charge in [0.1, 0.15) is 10.7 Å². The van der Waals surface area contributed by atoms with E-state index in [0.717, 1.165) is 11.6 Å². The molecule has 0 aromatic carbocycles. The Hall–Kier alpha value is -1.30. The second kappa shape index (κ2) is 6.23. The molecule has 6 heteroatoms. The number of amides is 1. The molecule has 0 aliphatic heterocycles. The lowest BCUT2D eigenvalue weighted by atomic mass is 9.93. The van der Waals surface area contributed by atoms with Crippen molar-refractivity contribution in [1.29, 1.82) is 0 Å². The molecule has 19 heavy (non-hydrogen) atoms. The Morgan fingerprint density at radius 2 is 2.32 bits per heavy atom. The van der Waals surface area contributed by atoms with Crippen LogP contribution in [0, 0.1) is 5.92 Å². The summed E-state index contributed by atoms with van der Waals surface area (Å²) in [4.78, 5) is 16.8. The molecular formula is C13H22N4OS. The van der Waals surface area contributed by atoms with E-state index < -0.39 is 0 Å². The van der Waals surface area contributed by atoms with Gasteiger partial charge in [-0.25, -0.2) is 4.98 Å². The molecule has 106 valence electrons. The van der Waals surface area contributed by atoms with Gasteiger partial charge < -0.3 is 16.4 Å². The molecule has 1 amide bonds. The van der Waals surface area contributed by atoms with Crippen molar-refractivity contribution >= 4 is 28.2 Å². The molecule has 1 aliphatic carbocycles. The Labute approximate surface area is 118 Å². The van der Waals surface area contributed by atoms with Gasteiger partial charge in [-0.2, -0.15) is 0 Å². The Bertz CT molecular complexity index is 442. The third kappa shape index (κ3) is 3.59. The first kappa shape index (κ1) is 14.1. The van der Waals surface area contributed by atoms with E-state index in [4.69, 9.17) is 5.73 Å². The topological polar surface area (TPSA) is 80.0 Å². The van der Waals surface area contributed by atoms with E-state index in [9.17, 15) is 4.79 Å². The molecule has 4 N–H and O–H groups in total. The predicted molar refractivity (Wildman–Crippen MR) is 79.6 cm³/mol. The van der Waals surface area contributed by atoms with E-state index >= 15 is 0 Å². The number of rotatable bonds is 6. The van der Waals surface area contributed by atoms with Crippen molar-refractivity contribution in [3.63, 3.8) is 0 Å². The van der Waals surface area contributed by atoms with Gasteiger partial charge in [-0.15, -0.1) is 0 Å². The smallest absolute Gasteiger partial charge is 0.265 e. The fraction of sp³-hybridized carbons (Fsp3) is 0.692. The van der Waals surface area contributed by atoms with Gasteiger partial charge in [-0.05, 0) is 25.2 Å². The van der Waals surface area contributed by atoms with Crippen LogP contribution in [0.1, 0.15) is 49.2 Å². The van der Waals surface area contributed by atoms with Crippen LogP contribution in [0.25, 0.3) is 0 Å². The van der Waals surface area contributed by atoms with E-state index in [2.05, 4.69) is 29.5 Å². The van der Waals surface area contributed by atoms with Crippen LogP contribution in [0.5, 0.6) is 0 Å². The molecule has 1 aliphatic rings. The van der Waals surface area contributed by atoms with E-state index in [1.807, 2.05) is 0 Å². The number of hydrogen-bond acceptors (Lipinski definition) is 5. The fourth-order valence-electron chi connectivity index (χ4n) is 1.78. The Balaban J connectivity index is 1.92. The zero-order valence-electron chi connectivity index (χ0n) is 11.5. The highest BCUT2D eigenvalue weighted by Crippen LogP contribution is 2.29. The molecule has 0 radical (unpaired) electrons. The van der Waals surface area contributed by atoms with E-state index in [0.29, 0.717) is 29.2 Å².